The zero-order chi connectivity index (χ0) is 12.3. The number of rotatable bonds is 3. The summed E-state index contributed by atoms with van der Waals surface area (Å²) in [5.74, 6) is -1.81. The molecule has 0 spiro atoms. The van der Waals surface area contributed by atoms with Crippen LogP contribution in [0.15, 0.2) is 0 Å². The predicted molar refractivity (Wildman–Crippen MR) is 55.6 cm³/mol. The van der Waals surface area contributed by atoms with Gasteiger partial charge >= 0.3 is 5.97 Å². The van der Waals surface area contributed by atoms with E-state index in [-0.39, 0.29) is 24.3 Å². The van der Waals surface area contributed by atoms with E-state index in [0.29, 0.717) is 12.8 Å². The summed E-state index contributed by atoms with van der Waals surface area (Å²) in [5, 5.41) is 13.9. The Morgan fingerprint density at radius 1 is 1.50 bits per heavy atom. The lowest BCUT2D eigenvalue weighted by atomic mass is 9.96. The third-order valence-electron chi connectivity index (χ3n) is 2.61. The van der Waals surface area contributed by atoms with Crippen molar-refractivity contribution in [3.05, 3.63) is 0 Å². The fraction of sp³-hybridized carbons (Fsp3) is 0.700. The molecule has 1 heterocycles. The SMILES string of the molecule is CC(C)(NC(=O)C1CCC(=O)NC1)C(=O)O. The highest BCUT2D eigenvalue weighted by Gasteiger charge is 2.33. The quantitative estimate of drug-likeness (QED) is 0.606. The van der Waals surface area contributed by atoms with Gasteiger partial charge in [0.05, 0.1) is 5.92 Å². The van der Waals surface area contributed by atoms with Crippen molar-refractivity contribution in [3.8, 4) is 0 Å². The van der Waals surface area contributed by atoms with Crippen molar-refractivity contribution in [1.29, 1.82) is 0 Å². The fourth-order valence-corrected chi connectivity index (χ4v) is 1.42. The highest BCUT2D eigenvalue weighted by molar-refractivity contribution is 5.89. The molecule has 1 atom stereocenters. The van der Waals surface area contributed by atoms with Crippen LogP contribution in [0, 0.1) is 5.92 Å². The number of carboxylic acids is 1. The summed E-state index contributed by atoms with van der Waals surface area (Å²) in [5.41, 5.74) is -1.28. The van der Waals surface area contributed by atoms with Crippen LogP contribution in [0.1, 0.15) is 26.7 Å². The summed E-state index contributed by atoms with van der Waals surface area (Å²) in [6, 6.07) is 0. The average Bonchev–Trinajstić information content (AvgIpc) is 2.17. The summed E-state index contributed by atoms with van der Waals surface area (Å²) in [4.78, 5) is 33.4. The summed E-state index contributed by atoms with van der Waals surface area (Å²) < 4.78 is 0. The van der Waals surface area contributed by atoms with Crippen molar-refractivity contribution < 1.29 is 19.5 Å². The highest BCUT2D eigenvalue weighted by Crippen LogP contribution is 2.13. The molecule has 16 heavy (non-hydrogen) atoms. The van der Waals surface area contributed by atoms with Gasteiger partial charge in [0.25, 0.3) is 0 Å². The fourth-order valence-electron chi connectivity index (χ4n) is 1.42. The van der Waals surface area contributed by atoms with E-state index in [1.807, 2.05) is 0 Å². The van der Waals surface area contributed by atoms with Crippen LogP contribution < -0.4 is 10.6 Å². The van der Waals surface area contributed by atoms with Crippen LogP contribution in [0.4, 0.5) is 0 Å². The van der Waals surface area contributed by atoms with Gasteiger partial charge in [-0.05, 0) is 20.3 Å². The number of hydrogen-bond donors (Lipinski definition) is 3. The summed E-state index contributed by atoms with van der Waals surface area (Å²) in [6.07, 6.45) is 0.777. The minimum atomic E-state index is -1.28. The van der Waals surface area contributed by atoms with Gasteiger partial charge < -0.3 is 15.7 Å². The predicted octanol–water partition coefficient (Wildman–Crippen LogP) is -0.508. The molecule has 1 aliphatic rings. The molecule has 6 heteroatoms. The Morgan fingerprint density at radius 3 is 2.56 bits per heavy atom. The Labute approximate surface area is 93.4 Å². The molecule has 1 rings (SSSR count). The third-order valence-corrected chi connectivity index (χ3v) is 2.61. The molecule has 1 aliphatic heterocycles. The Bertz CT molecular complexity index is 315. The van der Waals surface area contributed by atoms with E-state index in [2.05, 4.69) is 10.6 Å². The molecule has 90 valence electrons. The van der Waals surface area contributed by atoms with Crippen LogP contribution in [0.3, 0.4) is 0 Å². The number of amides is 2. The number of carbonyl (C=O) groups is 3. The van der Waals surface area contributed by atoms with Gasteiger partial charge in [0.1, 0.15) is 5.54 Å². The number of nitrogens with one attached hydrogen (secondary N) is 2. The molecule has 0 radical (unpaired) electrons. The zero-order valence-corrected chi connectivity index (χ0v) is 9.37. The molecular formula is C10H16N2O4. The first-order valence-electron chi connectivity index (χ1n) is 5.15. The van der Waals surface area contributed by atoms with Gasteiger partial charge in [0.15, 0.2) is 0 Å². The molecule has 0 aliphatic carbocycles. The topological polar surface area (TPSA) is 95.5 Å². The lowest BCUT2D eigenvalue weighted by Gasteiger charge is -2.27. The lowest BCUT2D eigenvalue weighted by molar-refractivity contribution is -0.147. The van der Waals surface area contributed by atoms with Gasteiger partial charge in [-0.25, -0.2) is 4.79 Å². The number of piperidine rings is 1. The van der Waals surface area contributed by atoms with Gasteiger partial charge in [0.2, 0.25) is 11.8 Å². The van der Waals surface area contributed by atoms with Crippen molar-refractivity contribution in [3.63, 3.8) is 0 Å². The molecule has 3 N–H and O–H groups in total. The van der Waals surface area contributed by atoms with Crippen LogP contribution in [0.25, 0.3) is 0 Å². The molecule has 0 bridgehead atoms. The second-order valence-electron chi connectivity index (χ2n) is 4.46. The van der Waals surface area contributed by atoms with Gasteiger partial charge in [0, 0.05) is 13.0 Å². The standard InChI is InChI=1S/C10H16N2O4/c1-10(2,9(15)16)12-8(14)6-3-4-7(13)11-5-6/h6H,3-5H2,1-2H3,(H,11,13)(H,12,14)(H,15,16). The monoisotopic (exact) mass is 228 g/mol. The Morgan fingerprint density at radius 2 is 2.12 bits per heavy atom. The van der Waals surface area contributed by atoms with Crippen LogP contribution in [0.5, 0.6) is 0 Å². The van der Waals surface area contributed by atoms with E-state index in [0.717, 1.165) is 0 Å². The Kier molecular flexibility index (Phi) is 3.51. The van der Waals surface area contributed by atoms with Crippen molar-refractivity contribution in [1.82, 2.24) is 10.6 Å². The third kappa shape index (κ3) is 2.95. The van der Waals surface area contributed by atoms with Crippen molar-refractivity contribution in [2.24, 2.45) is 5.92 Å². The molecule has 1 unspecified atom stereocenters. The average molecular weight is 228 g/mol. The molecular weight excluding hydrogens is 212 g/mol. The minimum Gasteiger partial charge on any atom is -0.480 e. The molecule has 0 aromatic rings. The Balaban J connectivity index is 2.53. The van der Waals surface area contributed by atoms with E-state index in [9.17, 15) is 14.4 Å². The maximum atomic E-state index is 11.7. The van der Waals surface area contributed by atoms with Gasteiger partial charge in [-0.15, -0.1) is 0 Å². The maximum Gasteiger partial charge on any atom is 0.328 e. The minimum absolute atomic E-state index is 0.0680. The van der Waals surface area contributed by atoms with Crippen molar-refractivity contribution in [2.75, 3.05) is 6.54 Å². The first kappa shape index (κ1) is 12.5. The first-order valence-corrected chi connectivity index (χ1v) is 5.15. The second kappa shape index (κ2) is 4.51. The van der Waals surface area contributed by atoms with Gasteiger partial charge in [-0.1, -0.05) is 0 Å². The summed E-state index contributed by atoms with van der Waals surface area (Å²) in [7, 11) is 0. The van der Waals surface area contributed by atoms with Crippen LogP contribution >= 0.6 is 0 Å². The molecule has 6 nitrogen and oxygen atoms in total. The van der Waals surface area contributed by atoms with Crippen molar-refractivity contribution in [2.45, 2.75) is 32.2 Å². The van der Waals surface area contributed by atoms with E-state index in [4.69, 9.17) is 5.11 Å². The molecule has 2 amide bonds. The number of carboxylic acid groups (broad SMARTS) is 1. The van der Waals surface area contributed by atoms with E-state index < -0.39 is 11.5 Å². The second-order valence-corrected chi connectivity index (χ2v) is 4.46. The van der Waals surface area contributed by atoms with Crippen LogP contribution in [-0.2, 0) is 14.4 Å². The Hall–Kier alpha value is -1.59. The first-order chi connectivity index (χ1) is 7.33. The molecule has 0 aromatic carbocycles. The number of carbonyl (C=O) groups excluding carboxylic acids is 2. The van der Waals surface area contributed by atoms with Gasteiger partial charge in [-0.3, -0.25) is 9.59 Å². The van der Waals surface area contributed by atoms with Crippen molar-refractivity contribution >= 4 is 17.8 Å². The zero-order valence-electron chi connectivity index (χ0n) is 9.37. The lowest BCUT2D eigenvalue weighted by Crippen LogP contribution is -2.53. The molecule has 0 aromatic heterocycles. The van der Waals surface area contributed by atoms with E-state index >= 15 is 0 Å². The summed E-state index contributed by atoms with van der Waals surface area (Å²) in [6.45, 7) is 3.13. The maximum absolute atomic E-state index is 11.7. The molecule has 1 saturated heterocycles. The molecule has 0 saturated carbocycles. The summed E-state index contributed by atoms with van der Waals surface area (Å²) >= 11 is 0. The van der Waals surface area contributed by atoms with E-state index in [1.54, 1.807) is 0 Å². The van der Waals surface area contributed by atoms with E-state index in [1.165, 1.54) is 13.8 Å². The van der Waals surface area contributed by atoms with Gasteiger partial charge in [-0.2, -0.15) is 0 Å². The largest absolute Gasteiger partial charge is 0.480 e. The van der Waals surface area contributed by atoms with Crippen LogP contribution in [-0.4, -0.2) is 35.0 Å². The number of hydrogen-bond acceptors (Lipinski definition) is 3. The smallest absolute Gasteiger partial charge is 0.328 e. The van der Waals surface area contributed by atoms with Crippen LogP contribution in [0.2, 0.25) is 0 Å². The highest BCUT2D eigenvalue weighted by atomic mass is 16.4. The molecule has 1 fully saturated rings. The normalized spacial score (nSPS) is 21.1. The number of aliphatic carboxylic acids is 1.